The molecule has 0 radical (unpaired) electrons. The lowest BCUT2D eigenvalue weighted by Crippen LogP contribution is -2.19. The molecule has 1 aromatic carbocycles. The van der Waals surface area contributed by atoms with Gasteiger partial charge in [0.1, 0.15) is 5.75 Å². The minimum Gasteiger partial charge on any atom is -0.491 e. The molecule has 0 saturated carbocycles. The van der Waals surface area contributed by atoms with Crippen molar-refractivity contribution >= 4 is 11.6 Å². The molecule has 1 rings (SSSR count). The highest BCUT2D eigenvalue weighted by atomic mass is 35.5. The van der Waals surface area contributed by atoms with Gasteiger partial charge in [-0.1, -0.05) is 24.6 Å². The van der Waals surface area contributed by atoms with E-state index < -0.39 is 0 Å². The van der Waals surface area contributed by atoms with Gasteiger partial charge in [0.25, 0.3) is 0 Å². The molecular weight excluding hydrogens is 258 g/mol. The summed E-state index contributed by atoms with van der Waals surface area (Å²) in [5, 5.41) is 4.10. The molecule has 0 aliphatic rings. The van der Waals surface area contributed by atoms with E-state index in [1.54, 1.807) is 0 Å². The lowest BCUT2D eigenvalue weighted by Gasteiger charge is -2.15. The Morgan fingerprint density at radius 1 is 1.42 bits per heavy atom. The van der Waals surface area contributed by atoms with Gasteiger partial charge < -0.3 is 10.1 Å². The molecule has 1 atom stereocenters. The second-order valence-corrected chi connectivity index (χ2v) is 4.80. The molecule has 0 fully saturated rings. The van der Waals surface area contributed by atoms with Crippen molar-refractivity contribution in [3.8, 4) is 17.6 Å². The molecule has 0 bridgehead atoms. The molecule has 0 aromatic heterocycles. The third-order valence-electron chi connectivity index (χ3n) is 2.82. The Morgan fingerprint density at radius 3 is 2.84 bits per heavy atom. The maximum atomic E-state index is 6.23. The van der Waals surface area contributed by atoms with Gasteiger partial charge >= 0.3 is 0 Å². The zero-order valence-electron chi connectivity index (χ0n) is 11.9. The van der Waals surface area contributed by atoms with Crippen molar-refractivity contribution < 1.29 is 4.74 Å². The van der Waals surface area contributed by atoms with Crippen LogP contribution in [0.1, 0.15) is 45.2 Å². The molecular formula is C16H22ClNO. The Labute approximate surface area is 121 Å². The SMILES string of the molecule is CC#CCCOc1ccc(C(C)NCCC)cc1Cl. The van der Waals surface area contributed by atoms with Gasteiger partial charge in [0.2, 0.25) is 0 Å². The molecule has 104 valence electrons. The summed E-state index contributed by atoms with van der Waals surface area (Å²) < 4.78 is 5.60. The molecule has 3 heteroatoms. The van der Waals surface area contributed by atoms with Gasteiger partial charge in [-0.15, -0.1) is 11.8 Å². The van der Waals surface area contributed by atoms with Crippen LogP contribution in [-0.4, -0.2) is 13.2 Å². The third kappa shape index (κ3) is 5.55. The Balaban J connectivity index is 2.59. The Kier molecular flexibility index (Phi) is 7.40. The zero-order chi connectivity index (χ0) is 14.1. The molecule has 0 amide bonds. The molecule has 0 spiro atoms. The topological polar surface area (TPSA) is 21.3 Å². The molecule has 2 nitrogen and oxygen atoms in total. The van der Waals surface area contributed by atoms with Gasteiger partial charge in [0.05, 0.1) is 11.6 Å². The minimum absolute atomic E-state index is 0.303. The van der Waals surface area contributed by atoms with Crippen LogP contribution in [0.5, 0.6) is 5.75 Å². The van der Waals surface area contributed by atoms with E-state index in [1.807, 2.05) is 19.1 Å². The first kappa shape index (κ1) is 15.9. The van der Waals surface area contributed by atoms with Crippen LogP contribution in [0, 0.1) is 11.8 Å². The summed E-state index contributed by atoms with van der Waals surface area (Å²) in [6.45, 7) is 7.70. The maximum Gasteiger partial charge on any atom is 0.137 e. The van der Waals surface area contributed by atoms with Crippen molar-refractivity contribution in [2.45, 2.75) is 39.7 Å². The quantitative estimate of drug-likeness (QED) is 0.597. The fourth-order valence-electron chi connectivity index (χ4n) is 1.72. The lowest BCUT2D eigenvalue weighted by molar-refractivity contribution is 0.327. The number of ether oxygens (including phenoxy) is 1. The van der Waals surface area contributed by atoms with Gasteiger partial charge in [-0.3, -0.25) is 0 Å². The number of nitrogens with one attached hydrogen (secondary N) is 1. The zero-order valence-corrected chi connectivity index (χ0v) is 12.7. The van der Waals surface area contributed by atoms with Crippen LogP contribution < -0.4 is 10.1 Å². The largest absolute Gasteiger partial charge is 0.491 e. The monoisotopic (exact) mass is 279 g/mol. The summed E-state index contributed by atoms with van der Waals surface area (Å²) in [6.07, 6.45) is 1.85. The Hall–Kier alpha value is -1.17. The van der Waals surface area contributed by atoms with Crippen molar-refractivity contribution in [3.05, 3.63) is 28.8 Å². The Morgan fingerprint density at radius 2 is 2.21 bits per heavy atom. The van der Waals surface area contributed by atoms with Crippen molar-refractivity contribution in [1.82, 2.24) is 5.32 Å². The maximum absolute atomic E-state index is 6.23. The van der Waals surface area contributed by atoms with Gasteiger partial charge in [0.15, 0.2) is 0 Å². The number of hydrogen-bond donors (Lipinski definition) is 1. The first-order valence-corrected chi connectivity index (χ1v) is 7.12. The van der Waals surface area contributed by atoms with Crippen LogP contribution in [0.3, 0.4) is 0 Å². The molecule has 0 heterocycles. The normalized spacial score (nSPS) is 11.6. The second kappa shape index (κ2) is 8.85. The van der Waals surface area contributed by atoms with Crippen molar-refractivity contribution in [1.29, 1.82) is 0 Å². The highest BCUT2D eigenvalue weighted by molar-refractivity contribution is 6.32. The summed E-state index contributed by atoms with van der Waals surface area (Å²) in [5.74, 6) is 6.53. The summed E-state index contributed by atoms with van der Waals surface area (Å²) in [5.41, 5.74) is 1.18. The molecule has 0 aliphatic carbocycles. The van der Waals surface area contributed by atoms with Gasteiger partial charge in [-0.2, -0.15) is 0 Å². The molecule has 0 aliphatic heterocycles. The van der Waals surface area contributed by atoms with Crippen LogP contribution in [0.15, 0.2) is 18.2 Å². The summed E-state index contributed by atoms with van der Waals surface area (Å²) >= 11 is 6.23. The lowest BCUT2D eigenvalue weighted by atomic mass is 10.1. The average molecular weight is 280 g/mol. The second-order valence-electron chi connectivity index (χ2n) is 4.39. The molecule has 1 N–H and O–H groups in total. The number of rotatable bonds is 7. The summed E-state index contributed by atoms with van der Waals surface area (Å²) in [7, 11) is 0. The molecule has 1 aromatic rings. The standard InChI is InChI=1S/C16H22ClNO/c1-4-6-7-11-19-16-9-8-14(12-15(16)17)13(3)18-10-5-2/h8-9,12-13,18H,5,7,10-11H2,1-3H3. The van der Waals surface area contributed by atoms with Gasteiger partial charge in [-0.05, 0) is 44.5 Å². The molecule has 0 saturated heterocycles. The molecule has 1 unspecified atom stereocenters. The van der Waals surface area contributed by atoms with Crippen molar-refractivity contribution in [2.24, 2.45) is 0 Å². The van der Waals surface area contributed by atoms with Crippen LogP contribution in [0.2, 0.25) is 5.02 Å². The summed E-state index contributed by atoms with van der Waals surface area (Å²) in [6, 6.07) is 6.26. The summed E-state index contributed by atoms with van der Waals surface area (Å²) in [4.78, 5) is 0. The van der Waals surface area contributed by atoms with Gasteiger partial charge in [-0.25, -0.2) is 0 Å². The van der Waals surface area contributed by atoms with Crippen LogP contribution in [-0.2, 0) is 0 Å². The van der Waals surface area contributed by atoms with Gasteiger partial charge in [0, 0.05) is 12.5 Å². The van der Waals surface area contributed by atoms with E-state index in [2.05, 4.69) is 37.1 Å². The number of halogens is 1. The average Bonchev–Trinajstić information content (AvgIpc) is 2.42. The van der Waals surface area contributed by atoms with Crippen LogP contribution >= 0.6 is 11.6 Å². The number of hydrogen-bond acceptors (Lipinski definition) is 2. The smallest absolute Gasteiger partial charge is 0.137 e. The first-order valence-electron chi connectivity index (χ1n) is 6.74. The first-order chi connectivity index (χ1) is 9.19. The predicted octanol–water partition coefficient (Wildman–Crippen LogP) is 4.19. The van der Waals surface area contributed by atoms with Crippen molar-refractivity contribution in [2.75, 3.05) is 13.2 Å². The van der Waals surface area contributed by atoms with Crippen LogP contribution in [0.4, 0.5) is 0 Å². The van der Waals surface area contributed by atoms with E-state index in [0.717, 1.165) is 25.1 Å². The van der Waals surface area contributed by atoms with E-state index in [0.29, 0.717) is 17.7 Å². The third-order valence-corrected chi connectivity index (χ3v) is 3.11. The highest BCUT2D eigenvalue weighted by Gasteiger charge is 2.08. The fraction of sp³-hybridized carbons (Fsp3) is 0.500. The van der Waals surface area contributed by atoms with Crippen molar-refractivity contribution in [3.63, 3.8) is 0 Å². The minimum atomic E-state index is 0.303. The Bertz CT molecular complexity index is 448. The van der Waals surface area contributed by atoms with E-state index in [1.165, 1.54) is 5.56 Å². The number of benzene rings is 1. The van der Waals surface area contributed by atoms with E-state index in [-0.39, 0.29) is 0 Å². The van der Waals surface area contributed by atoms with Crippen LogP contribution in [0.25, 0.3) is 0 Å². The molecule has 19 heavy (non-hydrogen) atoms. The van der Waals surface area contributed by atoms with E-state index in [9.17, 15) is 0 Å². The fourth-order valence-corrected chi connectivity index (χ4v) is 1.96. The predicted molar refractivity (Wildman–Crippen MR) is 81.7 cm³/mol. The highest BCUT2D eigenvalue weighted by Crippen LogP contribution is 2.28. The van der Waals surface area contributed by atoms with E-state index in [4.69, 9.17) is 16.3 Å². The van der Waals surface area contributed by atoms with E-state index >= 15 is 0 Å².